The average molecular weight is 282 g/mol. The van der Waals surface area contributed by atoms with E-state index in [1.54, 1.807) is 25.3 Å². The standard InChI is InChI=1S/C12H12ClN3OS/c1-8(11(17)16-12-14-5-6-18-12)15-10-4-2-3-9(13)7-10/h2-8,15H,1H3,(H,14,16,17)/t8-/m1/s1. The van der Waals surface area contributed by atoms with E-state index < -0.39 is 0 Å². The second kappa shape index (κ2) is 5.84. The van der Waals surface area contributed by atoms with Crippen molar-refractivity contribution < 1.29 is 4.79 Å². The maximum atomic E-state index is 11.9. The summed E-state index contributed by atoms with van der Waals surface area (Å²) in [6.45, 7) is 1.78. The van der Waals surface area contributed by atoms with Crippen LogP contribution in [-0.2, 0) is 4.79 Å². The van der Waals surface area contributed by atoms with Crippen LogP contribution in [0, 0.1) is 0 Å². The topological polar surface area (TPSA) is 54.0 Å². The zero-order chi connectivity index (χ0) is 13.0. The molecule has 0 aliphatic carbocycles. The zero-order valence-corrected chi connectivity index (χ0v) is 11.3. The molecule has 1 aromatic heterocycles. The molecule has 4 nitrogen and oxygen atoms in total. The molecular weight excluding hydrogens is 270 g/mol. The molecule has 0 saturated carbocycles. The second-order valence-corrected chi connectivity index (χ2v) is 5.03. The van der Waals surface area contributed by atoms with Gasteiger partial charge in [-0.25, -0.2) is 4.98 Å². The summed E-state index contributed by atoms with van der Waals surface area (Å²) in [5.74, 6) is -0.134. The summed E-state index contributed by atoms with van der Waals surface area (Å²) >= 11 is 7.26. The van der Waals surface area contributed by atoms with Gasteiger partial charge >= 0.3 is 0 Å². The fourth-order valence-electron chi connectivity index (χ4n) is 1.39. The van der Waals surface area contributed by atoms with Gasteiger partial charge in [-0.3, -0.25) is 4.79 Å². The molecule has 0 saturated heterocycles. The highest BCUT2D eigenvalue weighted by molar-refractivity contribution is 7.13. The van der Waals surface area contributed by atoms with Crippen molar-refractivity contribution in [2.75, 3.05) is 10.6 Å². The summed E-state index contributed by atoms with van der Waals surface area (Å²) < 4.78 is 0. The average Bonchev–Trinajstić information content (AvgIpc) is 2.81. The van der Waals surface area contributed by atoms with Crippen LogP contribution < -0.4 is 10.6 Å². The Labute approximate surface area is 114 Å². The van der Waals surface area contributed by atoms with E-state index in [1.807, 2.05) is 17.5 Å². The molecule has 0 fully saturated rings. The van der Waals surface area contributed by atoms with Crippen molar-refractivity contribution in [1.82, 2.24) is 4.98 Å². The Morgan fingerprint density at radius 3 is 3.00 bits per heavy atom. The molecule has 1 atom stereocenters. The van der Waals surface area contributed by atoms with Gasteiger partial charge in [0.2, 0.25) is 5.91 Å². The van der Waals surface area contributed by atoms with Crippen LogP contribution in [0.1, 0.15) is 6.92 Å². The Balaban J connectivity index is 1.95. The molecule has 2 aromatic rings. The van der Waals surface area contributed by atoms with Gasteiger partial charge in [0.1, 0.15) is 6.04 Å². The van der Waals surface area contributed by atoms with E-state index >= 15 is 0 Å². The summed E-state index contributed by atoms with van der Waals surface area (Å²) in [4.78, 5) is 15.9. The summed E-state index contributed by atoms with van der Waals surface area (Å²) in [6.07, 6.45) is 1.65. The first-order chi connectivity index (χ1) is 8.65. The van der Waals surface area contributed by atoms with Crippen molar-refractivity contribution in [2.45, 2.75) is 13.0 Å². The van der Waals surface area contributed by atoms with Gasteiger partial charge < -0.3 is 10.6 Å². The largest absolute Gasteiger partial charge is 0.374 e. The molecule has 1 aromatic carbocycles. The van der Waals surface area contributed by atoms with E-state index in [4.69, 9.17) is 11.6 Å². The first-order valence-electron chi connectivity index (χ1n) is 5.37. The van der Waals surface area contributed by atoms with Crippen molar-refractivity contribution in [2.24, 2.45) is 0 Å². The van der Waals surface area contributed by atoms with Gasteiger partial charge in [-0.2, -0.15) is 0 Å². The fourth-order valence-corrected chi connectivity index (χ4v) is 2.11. The number of anilines is 2. The highest BCUT2D eigenvalue weighted by atomic mass is 35.5. The summed E-state index contributed by atoms with van der Waals surface area (Å²) in [6, 6.07) is 6.88. The summed E-state index contributed by atoms with van der Waals surface area (Å²) in [7, 11) is 0. The van der Waals surface area contributed by atoms with Crippen molar-refractivity contribution >= 4 is 39.7 Å². The van der Waals surface area contributed by atoms with Crippen LogP contribution in [0.4, 0.5) is 10.8 Å². The van der Waals surface area contributed by atoms with Crippen LogP contribution in [0.15, 0.2) is 35.8 Å². The minimum absolute atomic E-state index is 0.134. The number of aromatic nitrogens is 1. The molecule has 0 radical (unpaired) electrons. The van der Waals surface area contributed by atoms with Gasteiger partial charge in [-0.05, 0) is 25.1 Å². The van der Waals surface area contributed by atoms with Crippen LogP contribution in [0.25, 0.3) is 0 Å². The van der Waals surface area contributed by atoms with E-state index in [2.05, 4.69) is 15.6 Å². The van der Waals surface area contributed by atoms with E-state index in [9.17, 15) is 4.79 Å². The molecule has 0 aliphatic rings. The summed E-state index contributed by atoms with van der Waals surface area (Å²) in [5.41, 5.74) is 0.810. The van der Waals surface area contributed by atoms with Gasteiger partial charge in [-0.1, -0.05) is 17.7 Å². The Morgan fingerprint density at radius 1 is 1.50 bits per heavy atom. The molecule has 1 amide bonds. The predicted molar refractivity (Wildman–Crippen MR) is 75.3 cm³/mol. The quantitative estimate of drug-likeness (QED) is 0.905. The van der Waals surface area contributed by atoms with Crippen molar-refractivity contribution in [1.29, 1.82) is 0 Å². The van der Waals surface area contributed by atoms with Crippen LogP contribution in [-0.4, -0.2) is 16.9 Å². The van der Waals surface area contributed by atoms with Crippen LogP contribution >= 0.6 is 22.9 Å². The SMILES string of the molecule is C[C@@H](Nc1cccc(Cl)c1)C(=O)Nc1nccs1. The lowest BCUT2D eigenvalue weighted by Crippen LogP contribution is -2.31. The maximum Gasteiger partial charge on any atom is 0.248 e. The first kappa shape index (κ1) is 12.9. The number of rotatable bonds is 4. The predicted octanol–water partition coefficient (Wildman–Crippen LogP) is 3.24. The lowest BCUT2D eigenvalue weighted by Gasteiger charge is -2.14. The number of nitrogens with zero attached hydrogens (tertiary/aromatic N) is 1. The Bertz CT molecular complexity index is 530. The van der Waals surface area contributed by atoms with E-state index in [0.717, 1.165) is 5.69 Å². The molecule has 0 spiro atoms. The molecular formula is C12H12ClN3OS. The van der Waals surface area contributed by atoms with Crippen LogP contribution in [0.2, 0.25) is 5.02 Å². The molecule has 18 heavy (non-hydrogen) atoms. The molecule has 0 bridgehead atoms. The van der Waals surface area contributed by atoms with Crippen molar-refractivity contribution in [3.8, 4) is 0 Å². The molecule has 1 heterocycles. The van der Waals surface area contributed by atoms with Gasteiger partial charge in [0.25, 0.3) is 0 Å². The Kier molecular flexibility index (Phi) is 4.17. The normalized spacial score (nSPS) is 11.9. The Morgan fingerprint density at radius 2 is 2.33 bits per heavy atom. The molecule has 0 aliphatic heterocycles. The third-order valence-corrected chi connectivity index (χ3v) is 3.19. The highest BCUT2D eigenvalue weighted by Crippen LogP contribution is 2.16. The second-order valence-electron chi connectivity index (χ2n) is 3.70. The van der Waals surface area contributed by atoms with E-state index in [1.165, 1.54) is 11.3 Å². The summed E-state index contributed by atoms with van der Waals surface area (Å²) in [5, 5.41) is 8.84. The van der Waals surface area contributed by atoms with Crippen LogP contribution in [0.3, 0.4) is 0 Å². The van der Waals surface area contributed by atoms with Crippen molar-refractivity contribution in [3.63, 3.8) is 0 Å². The molecule has 0 unspecified atom stereocenters. The Hall–Kier alpha value is -1.59. The molecule has 94 valence electrons. The number of thiazole rings is 1. The molecule has 6 heteroatoms. The smallest absolute Gasteiger partial charge is 0.248 e. The molecule has 2 rings (SSSR count). The number of halogens is 1. The van der Waals surface area contributed by atoms with E-state index in [-0.39, 0.29) is 11.9 Å². The van der Waals surface area contributed by atoms with Crippen LogP contribution in [0.5, 0.6) is 0 Å². The van der Waals surface area contributed by atoms with E-state index in [0.29, 0.717) is 10.2 Å². The molecule has 2 N–H and O–H groups in total. The van der Waals surface area contributed by atoms with Crippen molar-refractivity contribution in [3.05, 3.63) is 40.9 Å². The number of carbonyl (C=O) groups excluding carboxylic acids is 1. The number of nitrogens with one attached hydrogen (secondary N) is 2. The number of carbonyl (C=O) groups is 1. The zero-order valence-electron chi connectivity index (χ0n) is 9.68. The highest BCUT2D eigenvalue weighted by Gasteiger charge is 2.13. The number of hydrogen-bond donors (Lipinski definition) is 2. The first-order valence-corrected chi connectivity index (χ1v) is 6.63. The van der Waals surface area contributed by atoms with Gasteiger partial charge in [-0.15, -0.1) is 11.3 Å². The van der Waals surface area contributed by atoms with Gasteiger partial charge in [0.15, 0.2) is 5.13 Å². The third-order valence-electron chi connectivity index (χ3n) is 2.26. The number of amides is 1. The fraction of sp³-hybridized carbons (Fsp3) is 0.167. The minimum Gasteiger partial charge on any atom is -0.374 e. The lowest BCUT2D eigenvalue weighted by atomic mass is 10.2. The lowest BCUT2D eigenvalue weighted by molar-refractivity contribution is -0.116. The number of benzene rings is 1. The van der Waals surface area contributed by atoms with Gasteiger partial charge in [0.05, 0.1) is 0 Å². The monoisotopic (exact) mass is 281 g/mol. The minimum atomic E-state index is -0.368. The third kappa shape index (κ3) is 3.45. The number of hydrogen-bond acceptors (Lipinski definition) is 4. The van der Waals surface area contributed by atoms with Gasteiger partial charge in [0, 0.05) is 22.3 Å². The maximum absolute atomic E-state index is 11.9.